The summed E-state index contributed by atoms with van der Waals surface area (Å²) in [7, 11) is 0. The van der Waals surface area contributed by atoms with Gasteiger partial charge in [0.05, 0.1) is 23.4 Å². The van der Waals surface area contributed by atoms with Gasteiger partial charge < -0.3 is 4.74 Å². The van der Waals surface area contributed by atoms with Crippen LogP contribution in [0.1, 0.15) is 24.0 Å². The molecule has 7 heteroatoms. The molecule has 0 radical (unpaired) electrons. The maximum atomic E-state index is 13.3. The van der Waals surface area contributed by atoms with Gasteiger partial charge in [0, 0.05) is 43.2 Å². The summed E-state index contributed by atoms with van der Waals surface area (Å²) in [6.45, 7) is 9.44. The number of hydrogen-bond acceptors (Lipinski definition) is 6. The van der Waals surface area contributed by atoms with E-state index in [-0.39, 0.29) is 5.91 Å². The third kappa shape index (κ3) is 6.10. The molecule has 2 heterocycles. The zero-order valence-electron chi connectivity index (χ0n) is 18.9. The van der Waals surface area contributed by atoms with Crippen molar-refractivity contribution in [3.05, 3.63) is 53.6 Å². The molecule has 1 aromatic heterocycles. The van der Waals surface area contributed by atoms with E-state index in [0.29, 0.717) is 13.0 Å². The molecule has 0 unspecified atom stereocenters. The van der Waals surface area contributed by atoms with Crippen LogP contribution in [0.4, 0.5) is 5.13 Å². The van der Waals surface area contributed by atoms with Gasteiger partial charge in [-0.3, -0.25) is 14.6 Å². The molecule has 0 aliphatic carbocycles. The Morgan fingerprint density at radius 2 is 1.97 bits per heavy atom. The van der Waals surface area contributed by atoms with Crippen LogP contribution in [0.3, 0.4) is 0 Å². The van der Waals surface area contributed by atoms with E-state index in [2.05, 4.69) is 43.0 Å². The number of ether oxygens (including phenoxy) is 1. The summed E-state index contributed by atoms with van der Waals surface area (Å²) >= 11 is 3.36. The summed E-state index contributed by atoms with van der Waals surface area (Å²) in [6.07, 6.45) is 1.44. The Labute approximate surface area is 198 Å². The summed E-state index contributed by atoms with van der Waals surface area (Å²) in [5, 5.41) is 0.824. The predicted molar refractivity (Wildman–Crippen MR) is 135 cm³/mol. The van der Waals surface area contributed by atoms with Crippen molar-refractivity contribution in [2.24, 2.45) is 0 Å². The maximum Gasteiger partial charge on any atom is 0.229 e. The van der Waals surface area contributed by atoms with Crippen molar-refractivity contribution in [2.45, 2.75) is 31.6 Å². The van der Waals surface area contributed by atoms with Crippen LogP contribution < -0.4 is 4.90 Å². The van der Waals surface area contributed by atoms with Crippen molar-refractivity contribution in [1.82, 2.24) is 9.88 Å². The molecule has 0 bridgehead atoms. The topological polar surface area (TPSA) is 45.7 Å². The standard InChI is InChI=1S/C25H31N3O2S2/c1-19-17-20(2)24-22(18-19)32-25(26-24)28(11-6-10-27-12-14-30-15-13-27)23(29)9-16-31-21-7-4-3-5-8-21/h3-5,7-8,17-18H,6,9-16H2,1-2H3. The predicted octanol–water partition coefficient (Wildman–Crippen LogP) is 5.15. The summed E-state index contributed by atoms with van der Waals surface area (Å²) in [5.41, 5.74) is 3.41. The first kappa shape index (κ1) is 23.2. The quantitative estimate of drug-likeness (QED) is 0.406. The number of hydrogen-bond donors (Lipinski definition) is 0. The number of nitrogens with zero attached hydrogens (tertiary/aromatic N) is 3. The number of amides is 1. The minimum Gasteiger partial charge on any atom is -0.379 e. The van der Waals surface area contributed by atoms with E-state index in [4.69, 9.17) is 9.72 Å². The van der Waals surface area contributed by atoms with Crippen LogP contribution in [0.25, 0.3) is 10.2 Å². The first-order valence-electron chi connectivity index (χ1n) is 11.3. The van der Waals surface area contributed by atoms with Crippen molar-refractivity contribution in [2.75, 3.05) is 50.0 Å². The number of carbonyl (C=O) groups is 1. The molecule has 1 fully saturated rings. The molecule has 1 saturated heterocycles. The number of benzene rings is 2. The lowest BCUT2D eigenvalue weighted by Crippen LogP contribution is -2.39. The van der Waals surface area contributed by atoms with Crippen LogP contribution in [0.15, 0.2) is 47.4 Å². The van der Waals surface area contributed by atoms with E-state index in [1.807, 2.05) is 23.1 Å². The van der Waals surface area contributed by atoms with Gasteiger partial charge in [-0.15, -0.1) is 11.8 Å². The van der Waals surface area contributed by atoms with E-state index >= 15 is 0 Å². The van der Waals surface area contributed by atoms with Crippen LogP contribution in [0.2, 0.25) is 0 Å². The third-order valence-corrected chi connectivity index (χ3v) is 7.68. The van der Waals surface area contributed by atoms with Crippen LogP contribution in [-0.2, 0) is 9.53 Å². The summed E-state index contributed by atoms with van der Waals surface area (Å²) in [5.74, 6) is 0.926. The largest absolute Gasteiger partial charge is 0.379 e. The molecule has 0 saturated carbocycles. The number of thioether (sulfide) groups is 1. The number of aryl methyl sites for hydroxylation is 2. The number of anilines is 1. The van der Waals surface area contributed by atoms with Crippen molar-refractivity contribution >= 4 is 44.4 Å². The number of thiazole rings is 1. The molecule has 32 heavy (non-hydrogen) atoms. The van der Waals surface area contributed by atoms with Crippen LogP contribution in [0, 0.1) is 13.8 Å². The Balaban J connectivity index is 1.45. The van der Waals surface area contributed by atoms with Crippen molar-refractivity contribution in [3.63, 3.8) is 0 Å². The van der Waals surface area contributed by atoms with E-state index in [1.165, 1.54) is 16.0 Å². The fourth-order valence-corrected chi connectivity index (χ4v) is 6.03. The Kier molecular flexibility index (Phi) is 8.19. The maximum absolute atomic E-state index is 13.3. The zero-order chi connectivity index (χ0) is 22.3. The van der Waals surface area contributed by atoms with Gasteiger partial charge >= 0.3 is 0 Å². The van der Waals surface area contributed by atoms with Gasteiger partial charge in [0.1, 0.15) is 0 Å². The second-order valence-electron chi connectivity index (χ2n) is 8.19. The van der Waals surface area contributed by atoms with Gasteiger partial charge in [-0.1, -0.05) is 35.6 Å². The van der Waals surface area contributed by atoms with E-state index < -0.39 is 0 Å². The van der Waals surface area contributed by atoms with Crippen LogP contribution >= 0.6 is 23.1 Å². The Morgan fingerprint density at radius 3 is 2.75 bits per heavy atom. The second kappa shape index (κ2) is 11.3. The smallest absolute Gasteiger partial charge is 0.229 e. The molecule has 0 spiro atoms. The van der Waals surface area contributed by atoms with Crippen molar-refractivity contribution in [1.29, 1.82) is 0 Å². The van der Waals surface area contributed by atoms with Crippen LogP contribution in [-0.4, -0.2) is 60.9 Å². The van der Waals surface area contributed by atoms with Gasteiger partial charge in [0.25, 0.3) is 0 Å². The highest BCUT2D eigenvalue weighted by atomic mass is 32.2. The number of morpholine rings is 1. The Hall–Kier alpha value is -1.93. The molecule has 170 valence electrons. The number of aromatic nitrogens is 1. The summed E-state index contributed by atoms with van der Waals surface area (Å²) < 4.78 is 6.61. The fourth-order valence-electron chi connectivity index (χ4n) is 3.99. The molecule has 1 amide bonds. The Bertz CT molecular complexity index is 1030. The monoisotopic (exact) mass is 469 g/mol. The Morgan fingerprint density at radius 1 is 1.19 bits per heavy atom. The average Bonchev–Trinajstić information content (AvgIpc) is 3.22. The molecule has 5 nitrogen and oxygen atoms in total. The highest BCUT2D eigenvalue weighted by Gasteiger charge is 2.21. The van der Waals surface area contributed by atoms with Gasteiger partial charge in [-0.05, 0) is 49.6 Å². The lowest BCUT2D eigenvalue weighted by molar-refractivity contribution is -0.118. The van der Waals surface area contributed by atoms with Gasteiger partial charge in [0.2, 0.25) is 5.91 Å². The van der Waals surface area contributed by atoms with Crippen molar-refractivity contribution in [3.8, 4) is 0 Å². The van der Waals surface area contributed by atoms with Crippen molar-refractivity contribution < 1.29 is 9.53 Å². The minimum atomic E-state index is 0.156. The zero-order valence-corrected chi connectivity index (χ0v) is 20.5. The molecular weight excluding hydrogens is 438 g/mol. The lowest BCUT2D eigenvalue weighted by atomic mass is 10.1. The van der Waals surface area contributed by atoms with E-state index in [1.54, 1.807) is 23.1 Å². The minimum absolute atomic E-state index is 0.156. The molecule has 0 N–H and O–H groups in total. The highest BCUT2D eigenvalue weighted by Crippen LogP contribution is 2.32. The first-order chi connectivity index (χ1) is 15.6. The van der Waals surface area contributed by atoms with E-state index in [9.17, 15) is 4.79 Å². The molecule has 1 aliphatic heterocycles. The van der Waals surface area contributed by atoms with Gasteiger partial charge in [-0.2, -0.15) is 0 Å². The van der Waals surface area contributed by atoms with E-state index in [0.717, 1.165) is 60.4 Å². The molecular formula is C25H31N3O2S2. The highest BCUT2D eigenvalue weighted by molar-refractivity contribution is 7.99. The summed E-state index contributed by atoms with van der Waals surface area (Å²) in [6, 6.07) is 14.6. The molecule has 2 aromatic carbocycles. The number of rotatable bonds is 9. The van der Waals surface area contributed by atoms with Gasteiger partial charge in [0.15, 0.2) is 5.13 Å². The average molecular weight is 470 g/mol. The van der Waals surface area contributed by atoms with Crippen LogP contribution in [0.5, 0.6) is 0 Å². The molecule has 1 aliphatic rings. The molecule has 3 aromatic rings. The fraction of sp³-hybridized carbons (Fsp3) is 0.440. The second-order valence-corrected chi connectivity index (χ2v) is 10.4. The first-order valence-corrected chi connectivity index (χ1v) is 13.1. The van der Waals surface area contributed by atoms with Gasteiger partial charge in [-0.25, -0.2) is 4.98 Å². The summed E-state index contributed by atoms with van der Waals surface area (Å²) in [4.78, 5) is 23.7. The number of carbonyl (C=O) groups excluding carboxylic acids is 1. The molecule has 0 atom stereocenters. The SMILES string of the molecule is Cc1cc(C)c2nc(N(CCCN3CCOCC3)C(=O)CCSc3ccccc3)sc2c1. The molecule has 4 rings (SSSR count). The lowest BCUT2D eigenvalue weighted by Gasteiger charge is -2.27. The third-order valence-electron chi connectivity index (χ3n) is 5.64. The normalized spacial score (nSPS) is 14.7. The number of fused-ring (bicyclic) bond motifs is 1.